The van der Waals surface area contributed by atoms with Crippen molar-refractivity contribution in [2.45, 2.75) is 0 Å². The largest absolute Gasteiger partial charge is 0.301 e. The van der Waals surface area contributed by atoms with Gasteiger partial charge in [0.2, 0.25) is 0 Å². The first-order chi connectivity index (χ1) is 8.20. The molecule has 2 saturated heterocycles. The van der Waals surface area contributed by atoms with Gasteiger partial charge in [0, 0.05) is 31.7 Å². The van der Waals surface area contributed by atoms with Crippen molar-refractivity contribution in [2.75, 3.05) is 26.2 Å². The van der Waals surface area contributed by atoms with E-state index >= 15 is 0 Å². The average molecular weight is 267 g/mol. The predicted molar refractivity (Wildman–Crippen MR) is 71.3 cm³/mol. The van der Waals surface area contributed by atoms with E-state index in [2.05, 4.69) is 14.4 Å². The van der Waals surface area contributed by atoms with Gasteiger partial charge in [-0.25, -0.2) is 9.34 Å². The second kappa shape index (κ2) is 4.18. The number of carbonyl (C=O) groups excluding carboxylic acids is 1. The van der Waals surface area contributed by atoms with Gasteiger partial charge in [-0.05, 0) is 23.9 Å². The molecule has 1 aromatic rings. The fourth-order valence-corrected chi connectivity index (χ4v) is 5.26. The van der Waals surface area contributed by atoms with E-state index < -0.39 is 6.49 Å². The molecule has 0 atom stereocenters. The number of hydrogen-bond acceptors (Lipinski definition) is 2. The van der Waals surface area contributed by atoms with E-state index in [1.165, 1.54) is 0 Å². The van der Waals surface area contributed by atoms with Gasteiger partial charge < -0.3 is 5.09 Å². The minimum atomic E-state index is -1.96. The summed E-state index contributed by atoms with van der Waals surface area (Å²) in [4.78, 5) is 12.1. The van der Waals surface area contributed by atoms with E-state index in [-0.39, 0.29) is 5.91 Å². The van der Waals surface area contributed by atoms with Crippen molar-refractivity contribution in [2.24, 2.45) is 0 Å². The monoisotopic (exact) mass is 267 g/mol. The molecule has 0 aliphatic carbocycles. The van der Waals surface area contributed by atoms with Gasteiger partial charge in [0.05, 0.1) is 0 Å². The Balaban J connectivity index is 1.77. The molecule has 90 valence electrons. The topological polar surface area (TPSA) is 35.1 Å². The van der Waals surface area contributed by atoms with Crippen LogP contribution in [0.15, 0.2) is 30.3 Å². The Morgan fingerprint density at radius 1 is 1.12 bits per heavy atom. The predicted octanol–water partition coefficient (Wildman–Crippen LogP) is 1.27. The lowest BCUT2D eigenvalue weighted by Gasteiger charge is -2.25. The molecular weight excluding hydrogens is 253 g/mol. The van der Waals surface area contributed by atoms with Crippen molar-refractivity contribution in [3.63, 3.8) is 0 Å². The number of amides is 1. The van der Waals surface area contributed by atoms with E-state index in [0.29, 0.717) is 5.56 Å². The Bertz CT molecular complexity index is 469. The third-order valence-corrected chi connectivity index (χ3v) is 7.38. The van der Waals surface area contributed by atoms with Gasteiger partial charge in [0.15, 0.2) is 6.49 Å². The Morgan fingerprint density at radius 2 is 1.65 bits per heavy atom. The Labute approximate surface area is 106 Å². The van der Waals surface area contributed by atoms with Crippen LogP contribution in [0.1, 0.15) is 10.4 Å². The zero-order valence-corrected chi connectivity index (χ0v) is 11.1. The quantitative estimate of drug-likeness (QED) is 0.658. The van der Waals surface area contributed by atoms with Gasteiger partial charge in [-0.3, -0.25) is 4.79 Å². The maximum absolute atomic E-state index is 12.1. The highest BCUT2D eigenvalue weighted by atomic mass is 32.4. The number of nitrogens with one attached hydrogen (secondary N) is 1. The van der Waals surface area contributed by atoms with Crippen molar-refractivity contribution in [3.8, 4) is 0 Å². The molecule has 0 saturated carbocycles. The van der Waals surface area contributed by atoms with Crippen LogP contribution in [0.3, 0.4) is 0 Å². The first-order valence-corrected chi connectivity index (χ1v) is 8.39. The molecule has 2 fully saturated rings. The van der Waals surface area contributed by atoms with Crippen molar-refractivity contribution in [1.29, 1.82) is 0 Å². The minimum Gasteiger partial charge on any atom is -0.301 e. The summed E-state index contributed by atoms with van der Waals surface area (Å²) in [6.45, 7) is 2.10. The molecule has 2 aliphatic rings. The third-order valence-electron chi connectivity index (χ3n) is 2.90. The van der Waals surface area contributed by atoms with E-state index in [9.17, 15) is 4.79 Å². The van der Waals surface area contributed by atoms with Gasteiger partial charge in [0.25, 0.3) is 5.91 Å². The van der Waals surface area contributed by atoms with Crippen molar-refractivity contribution in [3.05, 3.63) is 35.9 Å². The van der Waals surface area contributed by atoms with Crippen LogP contribution >= 0.6 is 6.49 Å². The number of carbonyl (C=O) groups is 1. The lowest BCUT2D eigenvalue weighted by atomic mass is 10.2. The Hall–Kier alpha value is -0.740. The molecule has 2 aliphatic heterocycles. The number of nitrogens with zero attached hydrogens (tertiary/aromatic N) is 2. The smallest absolute Gasteiger partial charge is 0.256 e. The summed E-state index contributed by atoms with van der Waals surface area (Å²) in [6, 6.07) is 9.28. The fraction of sp³-hybridized carbons (Fsp3) is 0.364. The van der Waals surface area contributed by atoms with Crippen LogP contribution < -0.4 is 5.09 Å². The number of hydrogen-bond donors (Lipinski definition) is 1. The summed E-state index contributed by atoms with van der Waals surface area (Å²) < 4.78 is 4.41. The minimum absolute atomic E-state index is 0.0484. The molecule has 17 heavy (non-hydrogen) atoms. The zero-order valence-electron chi connectivity index (χ0n) is 9.37. The molecule has 1 amide bonds. The second-order valence-corrected chi connectivity index (χ2v) is 8.23. The molecule has 4 nitrogen and oxygen atoms in total. The van der Waals surface area contributed by atoms with Crippen LogP contribution in [0, 0.1) is 0 Å². The lowest BCUT2D eigenvalue weighted by molar-refractivity contribution is 0.0980. The van der Waals surface area contributed by atoms with Crippen LogP contribution in [-0.4, -0.2) is 41.4 Å². The number of benzene rings is 1. The summed E-state index contributed by atoms with van der Waals surface area (Å²) in [5.41, 5.74) is 0.686. The normalized spacial score (nSPS) is 20.0. The van der Waals surface area contributed by atoms with Crippen LogP contribution in [0.25, 0.3) is 0 Å². The molecule has 2 heterocycles. The summed E-state index contributed by atoms with van der Waals surface area (Å²) in [6.07, 6.45) is 0. The molecule has 1 N–H and O–H groups in total. The van der Waals surface area contributed by atoms with E-state index in [1.807, 2.05) is 30.3 Å². The summed E-state index contributed by atoms with van der Waals surface area (Å²) >= 11 is 5.68. The van der Waals surface area contributed by atoms with Crippen LogP contribution in [0.2, 0.25) is 0 Å². The first-order valence-electron chi connectivity index (χ1n) is 5.69. The van der Waals surface area contributed by atoms with Crippen molar-refractivity contribution < 1.29 is 4.79 Å². The van der Waals surface area contributed by atoms with Crippen molar-refractivity contribution in [1.82, 2.24) is 14.4 Å². The maximum atomic E-state index is 12.1. The highest BCUT2D eigenvalue weighted by Crippen LogP contribution is 2.57. The van der Waals surface area contributed by atoms with Gasteiger partial charge in [-0.1, -0.05) is 18.2 Å². The van der Waals surface area contributed by atoms with E-state index in [4.69, 9.17) is 11.8 Å². The van der Waals surface area contributed by atoms with Crippen molar-refractivity contribution >= 4 is 24.2 Å². The molecule has 0 radical (unpaired) electrons. The van der Waals surface area contributed by atoms with Crippen LogP contribution in [-0.2, 0) is 11.8 Å². The Kier molecular flexibility index (Phi) is 2.79. The standard InChI is InChI=1S/C11H14N3OPS/c15-11(10-4-2-1-3-5-10)12-16(17,13-6-7-13)14-8-9-14/h1-5H,6-9H2,(H,12,15,17). The molecule has 1 aromatic carbocycles. The molecule has 3 rings (SSSR count). The van der Waals surface area contributed by atoms with Gasteiger partial charge in [-0.15, -0.1) is 0 Å². The SMILES string of the molecule is O=C(NP(=S)(N1CC1)N1CC1)c1ccccc1. The molecular formula is C11H14N3OPS. The molecule has 0 spiro atoms. The lowest BCUT2D eigenvalue weighted by Crippen LogP contribution is -2.27. The van der Waals surface area contributed by atoms with Gasteiger partial charge in [0.1, 0.15) is 0 Å². The maximum Gasteiger partial charge on any atom is 0.256 e. The van der Waals surface area contributed by atoms with Gasteiger partial charge >= 0.3 is 0 Å². The highest BCUT2D eigenvalue weighted by Gasteiger charge is 2.44. The molecule has 6 heteroatoms. The zero-order chi connectivity index (χ0) is 11.9. The molecule has 0 bridgehead atoms. The first kappa shape index (κ1) is 11.4. The Morgan fingerprint density at radius 3 is 2.12 bits per heavy atom. The number of rotatable bonds is 4. The fourth-order valence-electron chi connectivity index (χ4n) is 1.74. The summed E-state index contributed by atoms with van der Waals surface area (Å²) in [5.74, 6) is -0.0484. The average Bonchev–Trinajstić information content (AvgIpc) is 3.21. The highest BCUT2D eigenvalue weighted by molar-refractivity contribution is 8.11. The van der Waals surface area contributed by atoms with E-state index in [0.717, 1.165) is 26.2 Å². The second-order valence-electron chi connectivity index (χ2n) is 4.26. The van der Waals surface area contributed by atoms with Crippen LogP contribution in [0.5, 0.6) is 0 Å². The summed E-state index contributed by atoms with van der Waals surface area (Å²) in [7, 11) is 0. The van der Waals surface area contributed by atoms with Crippen LogP contribution in [0.4, 0.5) is 0 Å². The third kappa shape index (κ3) is 2.29. The molecule has 0 aromatic heterocycles. The summed E-state index contributed by atoms with van der Waals surface area (Å²) in [5, 5.41) is 3.07. The van der Waals surface area contributed by atoms with Gasteiger partial charge in [-0.2, -0.15) is 0 Å². The van der Waals surface area contributed by atoms with E-state index in [1.54, 1.807) is 0 Å². The molecule has 0 unspecified atom stereocenters.